The molecule has 0 saturated heterocycles. The number of hydrogen-bond donors (Lipinski definition) is 1. The van der Waals surface area contributed by atoms with E-state index in [0.29, 0.717) is 11.0 Å². The summed E-state index contributed by atoms with van der Waals surface area (Å²) in [6, 6.07) is 11.7. The maximum absolute atomic E-state index is 6.21. The second-order valence-corrected chi connectivity index (χ2v) is 5.61. The smallest absolute Gasteiger partial charge is 0.205 e. The van der Waals surface area contributed by atoms with Crippen molar-refractivity contribution in [2.24, 2.45) is 0 Å². The summed E-state index contributed by atoms with van der Waals surface area (Å²) in [6.45, 7) is 1.96. The van der Waals surface area contributed by atoms with Gasteiger partial charge in [0.25, 0.3) is 0 Å². The lowest BCUT2D eigenvalue weighted by Gasteiger charge is -2.11. The van der Waals surface area contributed by atoms with Gasteiger partial charge < -0.3 is 5.73 Å². The molecule has 19 heavy (non-hydrogen) atoms. The van der Waals surface area contributed by atoms with Gasteiger partial charge in [-0.25, -0.2) is 4.98 Å². The third-order valence-corrected chi connectivity index (χ3v) is 4.10. The number of nitrogens with two attached hydrogens (primary N) is 1. The van der Waals surface area contributed by atoms with Crippen LogP contribution in [0.15, 0.2) is 40.9 Å². The van der Waals surface area contributed by atoms with Gasteiger partial charge >= 0.3 is 0 Å². The molecule has 0 aliphatic carbocycles. The Morgan fingerprint density at radius 2 is 2.00 bits per heavy atom. The van der Waals surface area contributed by atoms with Crippen LogP contribution in [0.2, 0.25) is 5.02 Å². The van der Waals surface area contributed by atoms with Crippen LogP contribution in [0.5, 0.6) is 0 Å². The molecule has 3 aromatic rings. The molecule has 5 heteroatoms. The van der Waals surface area contributed by atoms with Gasteiger partial charge in [0.2, 0.25) is 5.95 Å². The first-order chi connectivity index (χ1) is 9.08. The van der Waals surface area contributed by atoms with Gasteiger partial charge in [-0.15, -0.1) is 0 Å². The minimum Gasteiger partial charge on any atom is -0.369 e. The van der Waals surface area contributed by atoms with Crippen LogP contribution in [0.25, 0.3) is 16.7 Å². The lowest BCUT2D eigenvalue weighted by atomic mass is 10.2. The van der Waals surface area contributed by atoms with Crippen molar-refractivity contribution in [3.05, 3.63) is 51.5 Å². The van der Waals surface area contributed by atoms with Gasteiger partial charge in [0, 0.05) is 9.50 Å². The SMILES string of the molecule is Cc1cc(Br)c(-n2c(N)nc3ccccc32)cc1Cl. The van der Waals surface area contributed by atoms with Gasteiger partial charge in [-0.05, 0) is 52.7 Å². The van der Waals surface area contributed by atoms with Crippen molar-refractivity contribution in [3.63, 3.8) is 0 Å². The summed E-state index contributed by atoms with van der Waals surface area (Å²) >= 11 is 9.77. The predicted octanol–water partition coefficient (Wildman–Crippen LogP) is 4.33. The summed E-state index contributed by atoms with van der Waals surface area (Å²) in [5.74, 6) is 0.446. The molecule has 3 rings (SSSR count). The summed E-state index contributed by atoms with van der Waals surface area (Å²) in [4.78, 5) is 4.36. The zero-order valence-electron chi connectivity index (χ0n) is 10.2. The molecule has 0 saturated carbocycles. The second kappa shape index (κ2) is 4.54. The number of nitrogen functional groups attached to an aromatic ring is 1. The first-order valence-corrected chi connectivity index (χ1v) is 6.94. The molecule has 0 atom stereocenters. The van der Waals surface area contributed by atoms with Gasteiger partial charge in [-0.1, -0.05) is 23.7 Å². The Labute approximate surface area is 124 Å². The first kappa shape index (κ1) is 12.5. The molecule has 1 aromatic heterocycles. The minimum atomic E-state index is 0.446. The normalized spacial score (nSPS) is 11.1. The van der Waals surface area contributed by atoms with Crippen molar-refractivity contribution < 1.29 is 0 Å². The van der Waals surface area contributed by atoms with Gasteiger partial charge in [-0.2, -0.15) is 0 Å². The number of halogens is 2. The molecule has 2 aromatic carbocycles. The van der Waals surface area contributed by atoms with Crippen LogP contribution in [0.1, 0.15) is 5.56 Å². The number of aryl methyl sites for hydroxylation is 1. The van der Waals surface area contributed by atoms with Crippen molar-refractivity contribution in [1.29, 1.82) is 0 Å². The fourth-order valence-corrected chi connectivity index (χ4v) is 2.90. The van der Waals surface area contributed by atoms with E-state index in [1.54, 1.807) is 0 Å². The van der Waals surface area contributed by atoms with E-state index in [9.17, 15) is 0 Å². The van der Waals surface area contributed by atoms with Crippen molar-refractivity contribution in [3.8, 4) is 5.69 Å². The summed E-state index contributed by atoms with van der Waals surface area (Å²) < 4.78 is 2.83. The van der Waals surface area contributed by atoms with E-state index in [1.807, 2.05) is 47.9 Å². The van der Waals surface area contributed by atoms with Crippen LogP contribution in [0.4, 0.5) is 5.95 Å². The van der Waals surface area contributed by atoms with Crippen LogP contribution in [-0.4, -0.2) is 9.55 Å². The number of fused-ring (bicyclic) bond motifs is 1. The summed E-state index contributed by atoms with van der Waals surface area (Å²) in [7, 11) is 0. The summed E-state index contributed by atoms with van der Waals surface area (Å²) in [6.07, 6.45) is 0. The van der Waals surface area contributed by atoms with E-state index in [1.165, 1.54) is 0 Å². The zero-order valence-corrected chi connectivity index (χ0v) is 12.5. The maximum atomic E-state index is 6.21. The van der Waals surface area contributed by atoms with Crippen LogP contribution in [0.3, 0.4) is 0 Å². The predicted molar refractivity (Wildman–Crippen MR) is 82.9 cm³/mol. The van der Waals surface area contributed by atoms with Crippen LogP contribution in [0, 0.1) is 6.92 Å². The van der Waals surface area contributed by atoms with Gasteiger partial charge in [0.15, 0.2) is 0 Å². The quantitative estimate of drug-likeness (QED) is 0.718. The Morgan fingerprint density at radius 3 is 2.79 bits per heavy atom. The highest BCUT2D eigenvalue weighted by Crippen LogP contribution is 2.32. The number of nitrogens with zero attached hydrogens (tertiary/aromatic N) is 2. The van der Waals surface area contributed by atoms with E-state index < -0.39 is 0 Å². The van der Waals surface area contributed by atoms with Crippen LogP contribution < -0.4 is 5.73 Å². The molecule has 0 unspecified atom stereocenters. The standard InChI is InChI=1S/C14H11BrClN3/c1-8-6-9(15)13(7-10(8)16)19-12-5-3-2-4-11(12)18-14(19)17/h2-7H,1H3,(H2,17,18). The highest BCUT2D eigenvalue weighted by atomic mass is 79.9. The van der Waals surface area contributed by atoms with Crippen molar-refractivity contribution in [2.45, 2.75) is 6.92 Å². The van der Waals surface area contributed by atoms with Crippen molar-refractivity contribution >= 4 is 44.5 Å². The molecule has 0 radical (unpaired) electrons. The Hall–Kier alpha value is -1.52. The molecule has 3 nitrogen and oxygen atoms in total. The first-order valence-electron chi connectivity index (χ1n) is 5.77. The van der Waals surface area contributed by atoms with E-state index >= 15 is 0 Å². The number of hydrogen-bond acceptors (Lipinski definition) is 2. The lowest BCUT2D eigenvalue weighted by molar-refractivity contribution is 1.10. The van der Waals surface area contributed by atoms with E-state index in [0.717, 1.165) is 26.8 Å². The molecule has 0 amide bonds. The molecule has 0 fully saturated rings. The zero-order chi connectivity index (χ0) is 13.6. The molecule has 1 heterocycles. The molecule has 96 valence electrons. The third-order valence-electron chi connectivity index (χ3n) is 3.06. The van der Waals surface area contributed by atoms with Gasteiger partial charge in [0.05, 0.1) is 16.7 Å². The van der Waals surface area contributed by atoms with Gasteiger partial charge in [-0.3, -0.25) is 4.57 Å². The summed E-state index contributed by atoms with van der Waals surface area (Å²) in [5, 5.41) is 0.704. The molecular formula is C14H11BrClN3. The highest BCUT2D eigenvalue weighted by Gasteiger charge is 2.13. The monoisotopic (exact) mass is 335 g/mol. The Morgan fingerprint density at radius 1 is 1.26 bits per heavy atom. The fourth-order valence-electron chi connectivity index (χ4n) is 2.10. The molecular weight excluding hydrogens is 326 g/mol. The summed E-state index contributed by atoms with van der Waals surface area (Å²) in [5.41, 5.74) is 9.76. The molecule has 2 N–H and O–H groups in total. The van der Waals surface area contributed by atoms with Crippen molar-refractivity contribution in [2.75, 3.05) is 5.73 Å². The molecule has 0 spiro atoms. The Bertz CT molecular complexity index is 780. The van der Waals surface area contributed by atoms with Crippen LogP contribution >= 0.6 is 27.5 Å². The fraction of sp³-hybridized carbons (Fsp3) is 0.0714. The van der Waals surface area contributed by atoms with Gasteiger partial charge in [0.1, 0.15) is 0 Å². The Balaban J connectivity index is 2.36. The number of imidazole rings is 1. The lowest BCUT2D eigenvalue weighted by Crippen LogP contribution is -2.01. The number of para-hydroxylation sites is 2. The second-order valence-electron chi connectivity index (χ2n) is 4.35. The average Bonchev–Trinajstić information content (AvgIpc) is 2.70. The number of rotatable bonds is 1. The molecule has 0 aliphatic rings. The van der Waals surface area contributed by atoms with Crippen LogP contribution in [-0.2, 0) is 0 Å². The van der Waals surface area contributed by atoms with Crippen molar-refractivity contribution in [1.82, 2.24) is 9.55 Å². The minimum absolute atomic E-state index is 0.446. The van der Waals surface area contributed by atoms with E-state index in [-0.39, 0.29) is 0 Å². The number of benzene rings is 2. The average molecular weight is 337 g/mol. The number of anilines is 1. The third kappa shape index (κ3) is 2.01. The van der Waals surface area contributed by atoms with E-state index in [4.69, 9.17) is 17.3 Å². The number of aromatic nitrogens is 2. The highest BCUT2D eigenvalue weighted by molar-refractivity contribution is 9.10. The largest absolute Gasteiger partial charge is 0.369 e. The molecule has 0 bridgehead atoms. The maximum Gasteiger partial charge on any atom is 0.205 e. The Kier molecular flexibility index (Phi) is 2.99. The topological polar surface area (TPSA) is 43.8 Å². The molecule has 0 aliphatic heterocycles. The van der Waals surface area contributed by atoms with E-state index in [2.05, 4.69) is 20.9 Å².